The summed E-state index contributed by atoms with van der Waals surface area (Å²) in [4.78, 5) is 20.8. The third-order valence-corrected chi connectivity index (χ3v) is 6.52. The summed E-state index contributed by atoms with van der Waals surface area (Å²) in [5.74, 6) is 2.04. The van der Waals surface area contributed by atoms with Crippen LogP contribution in [-0.4, -0.2) is 46.3 Å². The summed E-state index contributed by atoms with van der Waals surface area (Å²) in [5.41, 5.74) is 4.34. The molecule has 2 aromatic heterocycles. The Morgan fingerprint density at radius 2 is 1.94 bits per heavy atom. The minimum atomic E-state index is -0.0536. The highest BCUT2D eigenvalue weighted by Crippen LogP contribution is 2.43. The molecule has 3 aromatic rings. The number of hydrogen-bond acceptors (Lipinski definition) is 5. The molecule has 5 rings (SSSR count). The van der Waals surface area contributed by atoms with E-state index >= 15 is 0 Å². The number of carbonyl (C=O) groups is 1. The van der Waals surface area contributed by atoms with Crippen molar-refractivity contribution in [2.75, 3.05) is 20.8 Å². The van der Waals surface area contributed by atoms with Crippen LogP contribution >= 0.6 is 0 Å². The Balaban J connectivity index is 1.60. The minimum Gasteiger partial charge on any atom is -0.497 e. The van der Waals surface area contributed by atoms with Gasteiger partial charge in [-0.2, -0.15) is 5.10 Å². The first-order chi connectivity index (χ1) is 15.0. The third-order valence-electron chi connectivity index (χ3n) is 6.52. The standard InChI is InChI=1S/C24H28N4O3/c1-14-22-18(13-19(15-7-8-15)25-23(22)27(2)26-14)24(29)28-11-5-6-20(28)17-12-16(30-3)9-10-21(17)31-4/h9-10,12-13,15,20H,5-8,11H2,1-4H3. The fourth-order valence-electron chi connectivity index (χ4n) is 4.81. The van der Waals surface area contributed by atoms with Gasteiger partial charge in [0.15, 0.2) is 5.65 Å². The number of fused-ring (bicyclic) bond motifs is 1. The van der Waals surface area contributed by atoms with E-state index in [4.69, 9.17) is 14.5 Å². The molecule has 0 N–H and O–H groups in total. The van der Waals surface area contributed by atoms with Crippen LogP contribution in [0.5, 0.6) is 11.5 Å². The van der Waals surface area contributed by atoms with Crippen LogP contribution in [0.1, 0.15) is 65.0 Å². The van der Waals surface area contributed by atoms with Gasteiger partial charge >= 0.3 is 0 Å². The fourth-order valence-corrected chi connectivity index (χ4v) is 4.81. The van der Waals surface area contributed by atoms with E-state index in [2.05, 4.69) is 5.10 Å². The smallest absolute Gasteiger partial charge is 0.255 e. The second-order valence-electron chi connectivity index (χ2n) is 8.54. The molecule has 1 saturated carbocycles. The van der Waals surface area contributed by atoms with Gasteiger partial charge in [-0.25, -0.2) is 4.98 Å². The molecular formula is C24H28N4O3. The van der Waals surface area contributed by atoms with Gasteiger partial charge in [-0.05, 0) is 56.9 Å². The number of benzene rings is 1. The zero-order chi connectivity index (χ0) is 21.7. The van der Waals surface area contributed by atoms with Gasteiger partial charge in [0, 0.05) is 30.8 Å². The Bertz CT molecular complexity index is 1170. The van der Waals surface area contributed by atoms with E-state index in [9.17, 15) is 4.79 Å². The molecule has 0 radical (unpaired) electrons. The molecule has 31 heavy (non-hydrogen) atoms. The molecule has 1 aliphatic carbocycles. The van der Waals surface area contributed by atoms with Gasteiger partial charge in [-0.1, -0.05) is 0 Å². The second kappa shape index (κ2) is 7.55. The summed E-state index contributed by atoms with van der Waals surface area (Å²) in [6.07, 6.45) is 4.12. The maximum atomic E-state index is 13.9. The molecule has 162 valence electrons. The SMILES string of the molecule is COc1ccc(OC)c(C2CCCN2C(=O)c2cc(C3CC3)nc3c2c(C)nn3C)c1. The lowest BCUT2D eigenvalue weighted by Gasteiger charge is -2.27. The molecule has 7 heteroatoms. The second-order valence-corrected chi connectivity index (χ2v) is 8.54. The van der Waals surface area contributed by atoms with Crippen LogP contribution in [0.25, 0.3) is 11.0 Å². The highest BCUT2D eigenvalue weighted by Gasteiger charge is 2.35. The first-order valence-electron chi connectivity index (χ1n) is 10.9. The van der Waals surface area contributed by atoms with E-state index in [0.717, 1.165) is 65.2 Å². The number of carbonyl (C=O) groups excluding carboxylic acids is 1. The number of likely N-dealkylation sites (tertiary alicyclic amines) is 1. The lowest BCUT2D eigenvalue weighted by atomic mass is 10.0. The number of aryl methyl sites for hydroxylation is 2. The van der Waals surface area contributed by atoms with Crippen molar-refractivity contribution in [2.45, 2.75) is 44.6 Å². The van der Waals surface area contributed by atoms with Gasteiger partial charge in [0.05, 0.1) is 36.9 Å². The summed E-state index contributed by atoms with van der Waals surface area (Å²) in [7, 11) is 5.22. The maximum Gasteiger partial charge on any atom is 0.255 e. The van der Waals surface area contributed by atoms with Crippen LogP contribution in [-0.2, 0) is 7.05 Å². The Kier molecular flexibility index (Phi) is 4.84. The molecular weight excluding hydrogens is 392 g/mol. The number of pyridine rings is 1. The zero-order valence-electron chi connectivity index (χ0n) is 18.5. The number of aromatic nitrogens is 3. The molecule has 0 bridgehead atoms. The molecule has 7 nitrogen and oxygen atoms in total. The Morgan fingerprint density at radius 1 is 1.13 bits per heavy atom. The highest BCUT2D eigenvalue weighted by molar-refractivity contribution is 6.06. The predicted molar refractivity (Wildman–Crippen MR) is 118 cm³/mol. The molecule has 3 heterocycles. The average molecular weight is 421 g/mol. The molecule has 1 aliphatic heterocycles. The topological polar surface area (TPSA) is 69.5 Å². The minimum absolute atomic E-state index is 0.0396. The third kappa shape index (κ3) is 3.32. The molecule has 1 unspecified atom stereocenters. The monoisotopic (exact) mass is 420 g/mol. The van der Waals surface area contributed by atoms with Crippen LogP contribution in [0.4, 0.5) is 0 Å². The van der Waals surface area contributed by atoms with Gasteiger partial charge in [0.2, 0.25) is 0 Å². The van der Waals surface area contributed by atoms with Crippen molar-refractivity contribution in [3.8, 4) is 11.5 Å². The molecule has 0 spiro atoms. The summed E-state index contributed by atoms with van der Waals surface area (Å²) in [5, 5.41) is 5.42. The van der Waals surface area contributed by atoms with Crippen LogP contribution in [0.3, 0.4) is 0 Å². The van der Waals surface area contributed by atoms with Gasteiger partial charge < -0.3 is 14.4 Å². The van der Waals surface area contributed by atoms with E-state index < -0.39 is 0 Å². The van der Waals surface area contributed by atoms with E-state index in [1.165, 1.54) is 0 Å². The fraction of sp³-hybridized carbons (Fsp3) is 0.458. The molecule has 1 amide bonds. The summed E-state index contributed by atoms with van der Waals surface area (Å²) in [6, 6.07) is 7.74. The van der Waals surface area contributed by atoms with Crippen molar-refractivity contribution in [3.63, 3.8) is 0 Å². The Hall–Kier alpha value is -3.09. The lowest BCUT2D eigenvalue weighted by molar-refractivity contribution is 0.0735. The Morgan fingerprint density at radius 3 is 2.65 bits per heavy atom. The maximum absolute atomic E-state index is 13.9. The van der Waals surface area contributed by atoms with Crippen molar-refractivity contribution in [1.29, 1.82) is 0 Å². The zero-order valence-corrected chi connectivity index (χ0v) is 18.5. The van der Waals surface area contributed by atoms with Crippen LogP contribution in [0.15, 0.2) is 24.3 Å². The van der Waals surface area contributed by atoms with E-state index in [1.54, 1.807) is 18.9 Å². The summed E-state index contributed by atoms with van der Waals surface area (Å²) >= 11 is 0. The number of amides is 1. The van der Waals surface area contributed by atoms with Crippen LogP contribution in [0.2, 0.25) is 0 Å². The molecule has 1 aromatic carbocycles. The van der Waals surface area contributed by atoms with Crippen molar-refractivity contribution < 1.29 is 14.3 Å². The molecule has 2 aliphatic rings. The van der Waals surface area contributed by atoms with Crippen molar-refractivity contribution in [1.82, 2.24) is 19.7 Å². The van der Waals surface area contributed by atoms with Crippen molar-refractivity contribution in [2.24, 2.45) is 7.05 Å². The highest BCUT2D eigenvalue weighted by atomic mass is 16.5. The van der Waals surface area contributed by atoms with E-state index in [-0.39, 0.29) is 11.9 Å². The molecule has 1 saturated heterocycles. The summed E-state index contributed by atoms with van der Waals surface area (Å²) < 4.78 is 12.9. The van der Waals surface area contributed by atoms with E-state index in [1.807, 2.05) is 43.1 Å². The van der Waals surface area contributed by atoms with Crippen molar-refractivity contribution in [3.05, 3.63) is 46.8 Å². The Labute approximate surface area is 182 Å². The van der Waals surface area contributed by atoms with Crippen LogP contribution in [0, 0.1) is 6.92 Å². The number of methoxy groups -OCH3 is 2. The van der Waals surface area contributed by atoms with E-state index in [0.29, 0.717) is 18.0 Å². The number of rotatable bonds is 5. The predicted octanol–water partition coefficient (Wildman–Crippen LogP) is 4.15. The summed E-state index contributed by atoms with van der Waals surface area (Å²) in [6.45, 7) is 2.66. The van der Waals surface area contributed by atoms with Gasteiger partial charge in [-0.3, -0.25) is 9.48 Å². The molecule has 1 atom stereocenters. The quantitative estimate of drug-likeness (QED) is 0.620. The molecule has 2 fully saturated rings. The number of ether oxygens (including phenoxy) is 2. The van der Waals surface area contributed by atoms with Gasteiger partial charge in [-0.15, -0.1) is 0 Å². The van der Waals surface area contributed by atoms with Crippen molar-refractivity contribution >= 4 is 16.9 Å². The normalized spacial score (nSPS) is 18.6. The average Bonchev–Trinajstić information content (AvgIpc) is 3.45. The largest absolute Gasteiger partial charge is 0.497 e. The van der Waals surface area contributed by atoms with Gasteiger partial charge in [0.25, 0.3) is 5.91 Å². The number of nitrogens with zero attached hydrogens (tertiary/aromatic N) is 4. The lowest BCUT2D eigenvalue weighted by Crippen LogP contribution is -2.31. The first kappa shape index (κ1) is 19.8. The van der Waals surface area contributed by atoms with Crippen LogP contribution < -0.4 is 9.47 Å². The number of hydrogen-bond donors (Lipinski definition) is 0. The first-order valence-corrected chi connectivity index (χ1v) is 10.9. The van der Waals surface area contributed by atoms with Gasteiger partial charge in [0.1, 0.15) is 11.5 Å².